The number of carboxylic acid groups (broad SMARTS) is 1. The van der Waals surface area contributed by atoms with Gasteiger partial charge in [-0.25, -0.2) is 4.79 Å². The number of carboxylic acids is 1. The van der Waals surface area contributed by atoms with E-state index in [-0.39, 0.29) is 5.56 Å². The molecular weight excluding hydrogens is 326 g/mol. The summed E-state index contributed by atoms with van der Waals surface area (Å²) < 4.78 is 16.9. The van der Waals surface area contributed by atoms with Crippen LogP contribution < -0.4 is 5.32 Å². The van der Waals surface area contributed by atoms with Crippen LogP contribution in [0.1, 0.15) is 21.5 Å². The van der Waals surface area contributed by atoms with Crippen molar-refractivity contribution in [2.24, 2.45) is 0 Å². The first kappa shape index (κ1) is 18.2. The van der Waals surface area contributed by atoms with E-state index in [1.54, 1.807) is 31.4 Å². The Labute approximate surface area is 144 Å². The first-order valence-electron chi connectivity index (χ1n) is 7.57. The van der Waals surface area contributed by atoms with Crippen molar-refractivity contribution in [3.8, 4) is 0 Å². The van der Waals surface area contributed by atoms with Crippen molar-refractivity contribution in [3.05, 3.63) is 65.2 Å². The number of hydrogen-bond acceptors (Lipinski definition) is 4. The zero-order valence-corrected chi connectivity index (χ0v) is 14.3. The second-order valence-electron chi connectivity index (χ2n) is 5.34. The van der Waals surface area contributed by atoms with Gasteiger partial charge in [0.1, 0.15) is 0 Å². The van der Waals surface area contributed by atoms with Crippen molar-refractivity contribution >= 4 is 22.5 Å². The molecule has 5 nitrogen and oxygen atoms in total. The van der Waals surface area contributed by atoms with E-state index in [1.807, 2.05) is 24.3 Å². The van der Waals surface area contributed by atoms with Crippen LogP contribution in [0.15, 0.2) is 48.5 Å². The summed E-state index contributed by atoms with van der Waals surface area (Å²) in [6, 6.07) is 14.6. The monoisotopic (exact) mass is 347 g/mol. The fourth-order valence-corrected chi connectivity index (χ4v) is 3.22. The Morgan fingerprint density at radius 2 is 1.92 bits per heavy atom. The highest BCUT2D eigenvalue weighted by atomic mass is 32.2. The maximum atomic E-state index is 11.9. The van der Waals surface area contributed by atoms with Gasteiger partial charge in [-0.1, -0.05) is 24.3 Å². The molecule has 0 aliphatic rings. The number of nitrogens with one attached hydrogen (secondary N) is 1. The van der Waals surface area contributed by atoms with E-state index < -0.39 is 16.8 Å². The number of aromatic carboxylic acids is 1. The summed E-state index contributed by atoms with van der Waals surface area (Å²) in [6.45, 7) is 1.09. The lowest BCUT2D eigenvalue weighted by atomic mass is 10.1. The highest BCUT2D eigenvalue weighted by Crippen LogP contribution is 2.14. The quantitative estimate of drug-likeness (QED) is 0.729. The van der Waals surface area contributed by atoms with E-state index >= 15 is 0 Å². The van der Waals surface area contributed by atoms with Crippen LogP contribution in [0.2, 0.25) is 0 Å². The molecular formula is C18H21NO4S. The van der Waals surface area contributed by atoms with Gasteiger partial charge in [0.05, 0.1) is 12.2 Å². The Morgan fingerprint density at radius 1 is 1.17 bits per heavy atom. The topological polar surface area (TPSA) is 75.6 Å². The summed E-state index contributed by atoms with van der Waals surface area (Å²) >= 11 is 0. The van der Waals surface area contributed by atoms with Crippen LogP contribution in [0.3, 0.4) is 0 Å². The van der Waals surface area contributed by atoms with E-state index in [1.165, 1.54) is 0 Å². The summed E-state index contributed by atoms with van der Waals surface area (Å²) in [6.07, 6.45) is 0. The molecule has 24 heavy (non-hydrogen) atoms. The van der Waals surface area contributed by atoms with E-state index in [4.69, 9.17) is 9.84 Å². The molecule has 2 rings (SSSR count). The van der Waals surface area contributed by atoms with Crippen molar-refractivity contribution in [1.82, 2.24) is 0 Å². The minimum atomic E-state index is -0.935. The molecule has 0 amide bonds. The lowest BCUT2D eigenvalue weighted by Gasteiger charge is -2.09. The van der Waals surface area contributed by atoms with Gasteiger partial charge in [-0.2, -0.15) is 0 Å². The normalized spacial score (nSPS) is 11.9. The Morgan fingerprint density at radius 3 is 2.58 bits per heavy atom. The summed E-state index contributed by atoms with van der Waals surface area (Å²) in [5.41, 5.74) is 3.22. The average molecular weight is 347 g/mol. The van der Waals surface area contributed by atoms with Gasteiger partial charge in [-0.05, 0) is 35.4 Å². The maximum Gasteiger partial charge on any atom is 0.335 e. The molecule has 0 fully saturated rings. The van der Waals surface area contributed by atoms with E-state index in [9.17, 15) is 9.00 Å². The molecule has 128 valence electrons. The zero-order chi connectivity index (χ0) is 17.4. The molecule has 2 N–H and O–H groups in total. The van der Waals surface area contributed by atoms with Crippen LogP contribution >= 0.6 is 0 Å². The van der Waals surface area contributed by atoms with Gasteiger partial charge in [0, 0.05) is 41.6 Å². The second kappa shape index (κ2) is 9.20. The molecule has 0 aromatic heterocycles. The van der Waals surface area contributed by atoms with Crippen molar-refractivity contribution in [3.63, 3.8) is 0 Å². The van der Waals surface area contributed by atoms with Gasteiger partial charge in [0.2, 0.25) is 0 Å². The third-order valence-electron chi connectivity index (χ3n) is 3.47. The van der Waals surface area contributed by atoms with Gasteiger partial charge >= 0.3 is 5.97 Å². The summed E-state index contributed by atoms with van der Waals surface area (Å²) in [7, 11) is 0.667. The fourth-order valence-electron chi connectivity index (χ4n) is 2.17. The number of benzene rings is 2. The predicted molar refractivity (Wildman–Crippen MR) is 95.8 cm³/mol. The Bertz CT molecular complexity index is 700. The molecule has 0 spiro atoms. The molecule has 0 bridgehead atoms. The number of rotatable bonds is 9. The molecule has 0 radical (unpaired) electrons. The summed E-state index contributed by atoms with van der Waals surface area (Å²) in [4.78, 5) is 10.8. The standard InChI is InChI=1S/C18H21NO4S/c1-23-9-10-24(22)13-15-3-2-4-17(11-15)19-12-14-5-7-16(8-6-14)18(20)21/h2-8,11,19H,9-10,12-13H2,1H3,(H,20,21). The van der Waals surface area contributed by atoms with Gasteiger partial charge in [0.25, 0.3) is 0 Å². The lowest BCUT2D eigenvalue weighted by molar-refractivity contribution is 0.0697. The average Bonchev–Trinajstić information content (AvgIpc) is 2.59. The molecule has 0 saturated carbocycles. The molecule has 6 heteroatoms. The molecule has 0 saturated heterocycles. The van der Waals surface area contributed by atoms with Gasteiger partial charge in [-0.3, -0.25) is 4.21 Å². The van der Waals surface area contributed by atoms with Crippen molar-refractivity contribution in [2.45, 2.75) is 12.3 Å². The molecule has 1 atom stereocenters. The van der Waals surface area contributed by atoms with Crippen molar-refractivity contribution in [1.29, 1.82) is 0 Å². The molecule has 1 unspecified atom stereocenters. The predicted octanol–water partition coefficient (Wildman–Crippen LogP) is 2.89. The molecule has 0 aliphatic carbocycles. The summed E-state index contributed by atoms with van der Waals surface area (Å²) in [5, 5.41) is 12.2. The number of anilines is 1. The van der Waals surface area contributed by atoms with Crippen molar-refractivity contribution < 1.29 is 18.8 Å². The Balaban J connectivity index is 1.91. The Kier molecular flexibility index (Phi) is 6.96. The molecule has 0 aliphatic heterocycles. The first-order valence-corrected chi connectivity index (χ1v) is 9.06. The van der Waals surface area contributed by atoms with E-state index in [0.717, 1.165) is 16.8 Å². The van der Waals surface area contributed by atoms with Crippen LogP contribution in [-0.4, -0.2) is 34.8 Å². The maximum absolute atomic E-state index is 11.9. The van der Waals surface area contributed by atoms with Crippen LogP contribution in [0.25, 0.3) is 0 Å². The number of carbonyl (C=O) groups is 1. The van der Waals surface area contributed by atoms with Crippen LogP contribution in [-0.2, 0) is 27.8 Å². The summed E-state index contributed by atoms with van der Waals surface area (Å²) in [5.74, 6) is 0.111. The molecule has 0 heterocycles. The van der Waals surface area contributed by atoms with Crippen LogP contribution in [0, 0.1) is 0 Å². The van der Waals surface area contributed by atoms with Crippen molar-refractivity contribution in [2.75, 3.05) is 24.8 Å². The SMILES string of the molecule is COCCS(=O)Cc1cccc(NCc2ccc(C(=O)O)cc2)c1. The number of hydrogen-bond donors (Lipinski definition) is 2. The number of methoxy groups -OCH3 is 1. The van der Waals surface area contributed by atoms with Crippen LogP contribution in [0.5, 0.6) is 0 Å². The lowest BCUT2D eigenvalue weighted by Crippen LogP contribution is -2.07. The van der Waals surface area contributed by atoms with Gasteiger partial charge < -0.3 is 15.2 Å². The third kappa shape index (κ3) is 5.79. The largest absolute Gasteiger partial charge is 0.478 e. The smallest absolute Gasteiger partial charge is 0.335 e. The first-order chi connectivity index (χ1) is 11.6. The fraction of sp³-hybridized carbons (Fsp3) is 0.278. The van der Waals surface area contributed by atoms with E-state index in [0.29, 0.717) is 24.7 Å². The zero-order valence-electron chi connectivity index (χ0n) is 13.5. The van der Waals surface area contributed by atoms with Gasteiger partial charge in [0.15, 0.2) is 0 Å². The highest BCUT2D eigenvalue weighted by molar-refractivity contribution is 7.84. The van der Waals surface area contributed by atoms with Gasteiger partial charge in [-0.15, -0.1) is 0 Å². The molecule has 2 aromatic rings. The highest BCUT2D eigenvalue weighted by Gasteiger charge is 2.04. The Hall–Kier alpha value is -2.18. The minimum absolute atomic E-state index is 0.277. The number of ether oxygens (including phenoxy) is 1. The third-order valence-corrected chi connectivity index (χ3v) is 4.74. The minimum Gasteiger partial charge on any atom is -0.478 e. The van der Waals surface area contributed by atoms with E-state index in [2.05, 4.69) is 5.32 Å². The second-order valence-corrected chi connectivity index (χ2v) is 6.91. The van der Waals surface area contributed by atoms with Crippen LogP contribution in [0.4, 0.5) is 5.69 Å². The molecule has 2 aromatic carbocycles.